The fourth-order valence-electron chi connectivity index (χ4n) is 4.09. The highest BCUT2D eigenvalue weighted by molar-refractivity contribution is 7.18. The first kappa shape index (κ1) is 20.0. The van der Waals surface area contributed by atoms with Crippen LogP contribution >= 0.6 is 11.3 Å². The molecule has 1 aliphatic rings. The average Bonchev–Trinajstić information content (AvgIpc) is 3.17. The van der Waals surface area contributed by atoms with E-state index < -0.39 is 0 Å². The molecular weight excluding hydrogens is 385 g/mol. The summed E-state index contributed by atoms with van der Waals surface area (Å²) in [5.74, 6) is 0.162. The van der Waals surface area contributed by atoms with Gasteiger partial charge < -0.3 is 4.90 Å². The van der Waals surface area contributed by atoms with Gasteiger partial charge in [-0.1, -0.05) is 24.3 Å². The van der Waals surface area contributed by atoms with Crippen LogP contribution in [-0.2, 0) is 11.3 Å². The lowest BCUT2D eigenvalue weighted by molar-refractivity contribution is -0.136. The SMILES string of the molecule is C[C@H](C(=O)N(C)Cc1cccc(F)c1)N1CCC[C@H](c2nc3ccccc3s2)C1. The number of hydrogen-bond donors (Lipinski definition) is 0. The van der Waals surface area contributed by atoms with E-state index in [4.69, 9.17) is 4.98 Å². The van der Waals surface area contributed by atoms with Gasteiger partial charge in [0.05, 0.1) is 21.3 Å². The molecule has 4 nitrogen and oxygen atoms in total. The lowest BCUT2D eigenvalue weighted by Crippen LogP contribution is -2.48. The number of likely N-dealkylation sites (tertiary alicyclic amines) is 1. The lowest BCUT2D eigenvalue weighted by atomic mass is 9.97. The fraction of sp³-hybridized carbons (Fsp3) is 0.391. The van der Waals surface area contributed by atoms with Gasteiger partial charge in [0.1, 0.15) is 5.82 Å². The minimum atomic E-state index is -0.272. The largest absolute Gasteiger partial charge is 0.340 e. The van der Waals surface area contributed by atoms with Crippen LogP contribution in [0, 0.1) is 5.82 Å². The average molecular weight is 412 g/mol. The van der Waals surface area contributed by atoms with E-state index in [9.17, 15) is 9.18 Å². The summed E-state index contributed by atoms with van der Waals surface area (Å²) in [5, 5.41) is 1.17. The van der Waals surface area contributed by atoms with Gasteiger partial charge in [-0.25, -0.2) is 9.37 Å². The van der Waals surface area contributed by atoms with E-state index in [-0.39, 0.29) is 17.8 Å². The van der Waals surface area contributed by atoms with Crippen molar-refractivity contribution in [2.75, 3.05) is 20.1 Å². The molecule has 2 aromatic carbocycles. The Balaban J connectivity index is 1.42. The van der Waals surface area contributed by atoms with Gasteiger partial charge >= 0.3 is 0 Å². The van der Waals surface area contributed by atoms with Crippen molar-refractivity contribution in [1.82, 2.24) is 14.8 Å². The summed E-state index contributed by atoms with van der Waals surface area (Å²) in [7, 11) is 1.79. The van der Waals surface area contributed by atoms with Gasteiger partial charge in [0.25, 0.3) is 0 Å². The smallest absolute Gasteiger partial charge is 0.239 e. The molecule has 29 heavy (non-hydrogen) atoms. The van der Waals surface area contributed by atoms with Crippen LogP contribution in [0.1, 0.15) is 36.3 Å². The van der Waals surface area contributed by atoms with Gasteiger partial charge in [-0.05, 0) is 56.1 Å². The summed E-state index contributed by atoms with van der Waals surface area (Å²) < 4.78 is 14.7. The Kier molecular flexibility index (Phi) is 5.92. The maximum Gasteiger partial charge on any atom is 0.239 e. The second-order valence-corrected chi connectivity index (χ2v) is 8.92. The van der Waals surface area contributed by atoms with Crippen LogP contribution in [0.15, 0.2) is 48.5 Å². The van der Waals surface area contributed by atoms with E-state index in [2.05, 4.69) is 17.0 Å². The number of fused-ring (bicyclic) bond motifs is 1. The van der Waals surface area contributed by atoms with Crippen LogP contribution in [0.4, 0.5) is 4.39 Å². The zero-order valence-electron chi connectivity index (χ0n) is 16.8. The first-order valence-electron chi connectivity index (χ1n) is 10.1. The van der Waals surface area contributed by atoms with Crippen LogP contribution < -0.4 is 0 Å². The van der Waals surface area contributed by atoms with Crippen molar-refractivity contribution < 1.29 is 9.18 Å². The van der Waals surface area contributed by atoms with Crippen molar-refractivity contribution in [3.05, 3.63) is 64.9 Å². The lowest BCUT2D eigenvalue weighted by Gasteiger charge is -2.36. The molecule has 0 spiro atoms. The van der Waals surface area contributed by atoms with Crippen molar-refractivity contribution in [2.45, 2.75) is 38.3 Å². The van der Waals surface area contributed by atoms with Crippen LogP contribution in [0.5, 0.6) is 0 Å². The molecule has 3 aromatic rings. The molecular formula is C23H26FN3OS. The molecule has 0 radical (unpaired) electrons. The zero-order valence-corrected chi connectivity index (χ0v) is 17.7. The maximum atomic E-state index is 13.4. The van der Waals surface area contributed by atoms with Crippen LogP contribution in [0.25, 0.3) is 10.2 Å². The van der Waals surface area contributed by atoms with Crippen molar-refractivity contribution in [3.8, 4) is 0 Å². The second-order valence-electron chi connectivity index (χ2n) is 7.85. The minimum absolute atomic E-state index is 0.0687. The summed E-state index contributed by atoms with van der Waals surface area (Å²) in [6.45, 7) is 4.16. The molecule has 0 N–H and O–H groups in total. The third kappa shape index (κ3) is 4.49. The molecule has 0 aliphatic carbocycles. The molecule has 1 aliphatic heterocycles. The molecule has 2 heterocycles. The maximum absolute atomic E-state index is 13.4. The normalized spacial score (nSPS) is 18.7. The number of amides is 1. The summed E-state index contributed by atoms with van der Waals surface area (Å²) >= 11 is 1.77. The number of carbonyl (C=O) groups is 1. The van der Waals surface area contributed by atoms with Crippen LogP contribution in [0.2, 0.25) is 0 Å². The monoisotopic (exact) mass is 411 g/mol. The zero-order chi connectivity index (χ0) is 20.4. The molecule has 1 amide bonds. The topological polar surface area (TPSA) is 36.4 Å². The van der Waals surface area contributed by atoms with E-state index in [1.165, 1.54) is 21.8 Å². The predicted octanol–water partition coefficient (Wildman–Crippen LogP) is 4.66. The summed E-state index contributed by atoms with van der Waals surface area (Å²) in [5.41, 5.74) is 1.86. The van der Waals surface area contributed by atoms with E-state index in [1.807, 2.05) is 25.1 Å². The Labute approximate surface area is 175 Å². The van der Waals surface area contributed by atoms with Gasteiger partial charge in [-0.3, -0.25) is 9.69 Å². The number of aromatic nitrogens is 1. The molecule has 0 bridgehead atoms. The standard InChI is InChI=1S/C23H26FN3OS/c1-16(23(28)26(2)14-17-7-5-9-19(24)13-17)27-12-6-8-18(15-27)22-25-20-10-3-4-11-21(20)29-22/h3-5,7,9-11,13,16,18H,6,8,12,14-15H2,1-2H3/t16-,18+/m1/s1. The molecule has 1 aromatic heterocycles. The Morgan fingerprint density at radius 2 is 2.14 bits per heavy atom. The predicted molar refractivity (Wildman–Crippen MR) is 116 cm³/mol. The Hall–Kier alpha value is -2.31. The third-order valence-corrected chi connectivity index (χ3v) is 6.90. The number of carbonyl (C=O) groups excluding carboxylic acids is 1. The highest BCUT2D eigenvalue weighted by Crippen LogP contribution is 2.33. The molecule has 0 saturated carbocycles. The summed E-state index contributed by atoms with van der Waals surface area (Å²) in [6, 6.07) is 14.5. The number of benzene rings is 2. The molecule has 6 heteroatoms. The van der Waals surface area contributed by atoms with Crippen LogP contribution in [0.3, 0.4) is 0 Å². The number of halogens is 1. The molecule has 1 fully saturated rings. The van der Waals surface area contributed by atoms with Gasteiger partial charge in [0.15, 0.2) is 0 Å². The van der Waals surface area contributed by atoms with Crippen molar-refractivity contribution >= 4 is 27.5 Å². The Morgan fingerprint density at radius 3 is 2.93 bits per heavy atom. The number of para-hydroxylation sites is 1. The van der Waals surface area contributed by atoms with Gasteiger partial charge in [-0.15, -0.1) is 11.3 Å². The Morgan fingerprint density at radius 1 is 1.31 bits per heavy atom. The number of likely N-dealkylation sites (N-methyl/N-ethyl adjacent to an activating group) is 1. The van der Waals surface area contributed by atoms with Crippen molar-refractivity contribution in [3.63, 3.8) is 0 Å². The van der Waals surface area contributed by atoms with Gasteiger partial charge in [-0.2, -0.15) is 0 Å². The molecule has 1 saturated heterocycles. The van der Waals surface area contributed by atoms with Crippen molar-refractivity contribution in [2.24, 2.45) is 0 Å². The van der Waals surface area contributed by atoms with Crippen LogP contribution in [-0.4, -0.2) is 46.9 Å². The van der Waals surface area contributed by atoms with E-state index in [0.29, 0.717) is 12.5 Å². The molecule has 152 valence electrons. The third-order valence-electron chi connectivity index (χ3n) is 5.70. The number of nitrogens with zero attached hydrogens (tertiary/aromatic N) is 3. The van der Waals surface area contributed by atoms with Crippen molar-refractivity contribution in [1.29, 1.82) is 0 Å². The first-order chi connectivity index (χ1) is 14.0. The summed E-state index contributed by atoms with van der Waals surface area (Å²) in [6.07, 6.45) is 2.17. The second kappa shape index (κ2) is 8.59. The molecule has 0 unspecified atom stereocenters. The first-order valence-corrected chi connectivity index (χ1v) is 10.9. The molecule has 4 rings (SSSR count). The highest BCUT2D eigenvalue weighted by atomic mass is 32.1. The Bertz CT molecular complexity index is 971. The van der Waals surface area contributed by atoms with Gasteiger partial charge in [0, 0.05) is 26.1 Å². The number of hydrogen-bond acceptors (Lipinski definition) is 4. The number of piperidine rings is 1. The van der Waals surface area contributed by atoms with E-state index in [0.717, 1.165) is 37.0 Å². The number of rotatable bonds is 5. The highest BCUT2D eigenvalue weighted by Gasteiger charge is 2.31. The molecule has 2 atom stereocenters. The summed E-state index contributed by atoms with van der Waals surface area (Å²) in [4.78, 5) is 21.8. The van der Waals surface area contributed by atoms with E-state index >= 15 is 0 Å². The fourth-order valence-corrected chi connectivity index (χ4v) is 5.18. The minimum Gasteiger partial charge on any atom is -0.340 e. The van der Waals surface area contributed by atoms with E-state index in [1.54, 1.807) is 29.4 Å². The quantitative estimate of drug-likeness (QED) is 0.613. The number of thiazole rings is 1. The van der Waals surface area contributed by atoms with Gasteiger partial charge in [0.2, 0.25) is 5.91 Å².